The van der Waals surface area contributed by atoms with E-state index in [1.807, 2.05) is 18.2 Å². The number of ether oxygens (including phenoxy) is 2. The van der Waals surface area contributed by atoms with E-state index in [0.29, 0.717) is 6.61 Å². The minimum absolute atomic E-state index is 0.213. The molecule has 1 unspecified atom stereocenters. The van der Waals surface area contributed by atoms with Gasteiger partial charge in [0.1, 0.15) is 11.5 Å². The highest BCUT2D eigenvalue weighted by Crippen LogP contribution is 2.28. The van der Waals surface area contributed by atoms with Gasteiger partial charge in [0.05, 0.1) is 13.7 Å². The monoisotopic (exact) mass is 193 g/mol. The van der Waals surface area contributed by atoms with Gasteiger partial charge in [0, 0.05) is 12.1 Å². The highest BCUT2D eigenvalue weighted by Gasteiger charge is 2.14. The maximum atomic E-state index is 5.91. The average Bonchev–Trinajstić information content (AvgIpc) is 2.37. The Bertz CT molecular complexity index is 325. The number of hydrogen-bond acceptors (Lipinski definition) is 3. The van der Waals surface area contributed by atoms with Crippen LogP contribution in [0.2, 0.25) is 0 Å². The van der Waals surface area contributed by atoms with Crippen LogP contribution in [0.25, 0.3) is 0 Å². The minimum atomic E-state index is 0.213. The topological polar surface area (TPSA) is 44.5 Å². The number of methoxy groups -OCH3 is 1. The van der Waals surface area contributed by atoms with E-state index >= 15 is 0 Å². The molecule has 1 atom stereocenters. The summed E-state index contributed by atoms with van der Waals surface area (Å²) in [4.78, 5) is 0. The van der Waals surface area contributed by atoms with Gasteiger partial charge in [-0.25, -0.2) is 0 Å². The van der Waals surface area contributed by atoms with Crippen LogP contribution in [0.15, 0.2) is 18.2 Å². The predicted octanol–water partition coefficient (Wildman–Crippen LogP) is 1.35. The molecule has 0 amide bonds. The first kappa shape index (κ1) is 9.34. The summed E-state index contributed by atoms with van der Waals surface area (Å²) >= 11 is 0. The second kappa shape index (κ2) is 3.88. The Morgan fingerprint density at radius 2 is 2.36 bits per heavy atom. The molecule has 0 saturated heterocycles. The molecule has 0 spiro atoms. The molecule has 1 aliphatic rings. The summed E-state index contributed by atoms with van der Waals surface area (Å²) in [6.07, 6.45) is 1.80. The van der Waals surface area contributed by atoms with Crippen LogP contribution >= 0.6 is 0 Å². The van der Waals surface area contributed by atoms with E-state index in [1.54, 1.807) is 7.11 Å². The lowest BCUT2D eigenvalue weighted by Gasteiger charge is -2.08. The lowest BCUT2D eigenvalue weighted by molar-refractivity contribution is 0.308. The third-order valence-corrected chi connectivity index (χ3v) is 2.50. The minimum Gasteiger partial charge on any atom is -0.497 e. The van der Waals surface area contributed by atoms with Gasteiger partial charge < -0.3 is 15.2 Å². The van der Waals surface area contributed by atoms with Crippen molar-refractivity contribution in [3.8, 4) is 11.5 Å². The van der Waals surface area contributed by atoms with Crippen molar-refractivity contribution >= 4 is 0 Å². The molecule has 0 radical (unpaired) electrons. The Hall–Kier alpha value is -1.22. The Morgan fingerprint density at radius 3 is 3.14 bits per heavy atom. The summed E-state index contributed by atoms with van der Waals surface area (Å²) in [6, 6.07) is 6.11. The zero-order chi connectivity index (χ0) is 9.97. The highest BCUT2D eigenvalue weighted by molar-refractivity contribution is 5.41. The zero-order valence-corrected chi connectivity index (χ0v) is 8.32. The molecule has 0 fully saturated rings. The van der Waals surface area contributed by atoms with Gasteiger partial charge in [0.15, 0.2) is 0 Å². The first-order valence-corrected chi connectivity index (χ1v) is 4.85. The van der Waals surface area contributed by atoms with Crippen LogP contribution in [-0.4, -0.2) is 19.8 Å². The molecule has 0 aliphatic carbocycles. The van der Waals surface area contributed by atoms with Crippen molar-refractivity contribution in [2.45, 2.75) is 18.9 Å². The van der Waals surface area contributed by atoms with E-state index in [2.05, 4.69) is 0 Å². The van der Waals surface area contributed by atoms with Gasteiger partial charge in [0.2, 0.25) is 0 Å². The van der Waals surface area contributed by atoms with Crippen LogP contribution in [0.1, 0.15) is 12.0 Å². The first-order valence-electron chi connectivity index (χ1n) is 4.85. The SMILES string of the molecule is COc1ccc2c(c1)OCCC(N)C2. The van der Waals surface area contributed by atoms with Crippen molar-refractivity contribution < 1.29 is 9.47 Å². The molecule has 3 nitrogen and oxygen atoms in total. The number of benzene rings is 1. The molecule has 76 valence electrons. The average molecular weight is 193 g/mol. The Morgan fingerprint density at radius 1 is 1.50 bits per heavy atom. The van der Waals surface area contributed by atoms with E-state index in [9.17, 15) is 0 Å². The third kappa shape index (κ3) is 1.82. The molecule has 1 aromatic rings. The highest BCUT2D eigenvalue weighted by atomic mass is 16.5. The smallest absolute Gasteiger partial charge is 0.126 e. The van der Waals surface area contributed by atoms with Crippen molar-refractivity contribution in [2.24, 2.45) is 5.73 Å². The summed E-state index contributed by atoms with van der Waals surface area (Å²) in [5.74, 6) is 1.75. The standard InChI is InChI=1S/C11H15NO2/c1-13-10-3-2-8-6-9(12)4-5-14-11(8)7-10/h2-3,7,9H,4-6,12H2,1H3. The third-order valence-electron chi connectivity index (χ3n) is 2.50. The van der Waals surface area contributed by atoms with Gasteiger partial charge in [-0.1, -0.05) is 6.07 Å². The molecule has 14 heavy (non-hydrogen) atoms. The summed E-state index contributed by atoms with van der Waals surface area (Å²) in [7, 11) is 1.66. The largest absolute Gasteiger partial charge is 0.497 e. The van der Waals surface area contributed by atoms with E-state index in [0.717, 1.165) is 24.3 Å². The summed E-state index contributed by atoms with van der Waals surface area (Å²) < 4.78 is 10.7. The van der Waals surface area contributed by atoms with Crippen LogP contribution in [0.5, 0.6) is 11.5 Å². The van der Waals surface area contributed by atoms with Crippen LogP contribution in [-0.2, 0) is 6.42 Å². The molecule has 0 bridgehead atoms. The molecule has 1 heterocycles. The van der Waals surface area contributed by atoms with Gasteiger partial charge in [-0.05, 0) is 24.5 Å². The molecule has 0 aromatic heterocycles. The summed E-state index contributed by atoms with van der Waals surface area (Å²) in [6.45, 7) is 0.696. The van der Waals surface area contributed by atoms with E-state index in [1.165, 1.54) is 5.56 Å². The van der Waals surface area contributed by atoms with Crippen LogP contribution < -0.4 is 15.2 Å². The lowest BCUT2D eigenvalue weighted by atomic mass is 10.0. The van der Waals surface area contributed by atoms with Crippen molar-refractivity contribution in [1.29, 1.82) is 0 Å². The number of rotatable bonds is 1. The second-order valence-corrected chi connectivity index (χ2v) is 3.57. The molecule has 2 rings (SSSR count). The molecule has 3 heteroatoms. The van der Waals surface area contributed by atoms with Crippen LogP contribution in [0, 0.1) is 0 Å². The molecule has 2 N–H and O–H groups in total. The Balaban J connectivity index is 2.31. The Labute approximate surface area is 83.8 Å². The molecule has 1 aromatic carbocycles. The fraction of sp³-hybridized carbons (Fsp3) is 0.455. The molecule has 1 aliphatic heterocycles. The summed E-state index contributed by atoms with van der Waals surface area (Å²) in [5, 5.41) is 0. The van der Waals surface area contributed by atoms with Gasteiger partial charge in [-0.2, -0.15) is 0 Å². The number of nitrogens with two attached hydrogens (primary N) is 1. The maximum absolute atomic E-state index is 5.91. The van der Waals surface area contributed by atoms with Crippen molar-refractivity contribution in [3.63, 3.8) is 0 Å². The van der Waals surface area contributed by atoms with E-state index in [4.69, 9.17) is 15.2 Å². The van der Waals surface area contributed by atoms with Crippen molar-refractivity contribution in [1.82, 2.24) is 0 Å². The normalized spacial score (nSPS) is 20.6. The van der Waals surface area contributed by atoms with Crippen LogP contribution in [0.3, 0.4) is 0 Å². The number of fused-ring (bicyclic) bond motifs is 1. The van der Waals surface area contributed by atoms with Gasteiger partial charge >= 0.3 is 0 Å². The quantitative estimate of drug-likeness (QED) is 0.732. The van der Waals surface area contributed by atoms with Gasteiger partial charge in [0.25, 0.3) is 0 Å². The summed E-state index contributed by atoms with van der Waals surface area (Å²) in [5.41, 5.74) is 7.09. The molecular formula is C11H15NO2. The van der Waals surface area contributed by atoms with E-state index in [-0.39, 0.29) is 6.04 Å². The first-order chi connectivity index (χ1) is 6.79. The zero-order valence-electron chi connectivity index (χ0n) is 8.32. The Kier molecular flexibility index (Phi) is 2.59. The molecule has 0 saturated carbocycles. The second-order valence-electron chi connectivity index (χ2n) is 3.57. The molecular weight excluding hydrogens is 178 g/mol. The maximum Gasteiger partial charge on any atom is 0.126 e. The van der Waals surface area contributed by atoms with Crippen molar-refractivity contribution in [3.05, 3.63) is 23.8 Å². The van der Waals surface area contributed by atoms with Gasteiger partial charge in [-0.3, -0.25) is 0 Å². The van der Waals surface area contributed by atoms with Crippen LogP contribution in [0.4, 0.5) is 0 Å². The van der Waals surface area contributed by atoms with Gasteiger partial charge in [-0.15, -0.1) is 0 Å². The lowest BCUT2D eigenvalue weighted by Crippen LogP contribution is -2.22. The van der Waals surface area contributed by atoms with Crippen molar-refractivity contribution in [2.75, 3.05) is 13.7 Å². The fourth-order valence-corrected chi connectivity index (χ4v) is 1.67. The number of hydrogen-bond donors (Lipinski definition) is 1. The predicted molar refractivity (Wildman–Crippen MR) is 54.8 cm³/mol. The fourth-order valence-electron chi connectivity index (χ4n) is 1.67. The van der Waals surface area contributed by atoms with E-state index < -0.39 is 0 Å².